The number of benzene rings is 1. The quantitative estimate of drug-likeness (QED) is 0.626. The summed E-state index contributed by atoms with van der Waals surface area (Å²) in [6, 6.07) is 4.22. The SMILES string of the molecule is N#Cc1cc(F)c2c(c1)C(=O)CCO2. The van der Waals surface area contributed by atoms with E-state index in [4.69, 9.17) is 10.00 Å². The Hall–Kier alpha value is -1.89. The van der Waals surface area contributed by atoms with E-state index in [2.05, 4.69) is 0 Å². The summed E-state index contributed by atoms with van der Waals surface area (Å²) in [5.41, 5.74) is 0.313. The number of rotatable bonds is 0. The highest BCUT2D eigenvalue weighted by Crippen LogP contribution is 2.28. The van der Waals surface area contributed by atoms with Gasteiger partial charge in [0.2, 0.25) is 0 Å². The van der Waals surface area contributed by atoms with E-state index in [0.717, 1.165) is 6.07 Å². The predicted molar refractivity (Wildman–Crippen MR) is 45.6 cm³/mol. The third-order valence-corrected chi connectivity index (χ3v) is 2.05. The Kier molecular flexibility index (Phi) is 1.93. The van der Waals surface area contributed by atoms with E-state index >= 15 is 0 Å². The number of fused-ring (bicyclic) bond motifs is 1. The van der Waals surface area contributed by atoms with E-state index in [0.29, 0.717) is 0 Å². The van der Waals surface area contributed by atoms with Gasteiger partial charge in [0.1, 0.15) is 0 Å². The maximum absolute atomic E-state index is 13.3. The first-order valence-electron chi connectivity index (χ1n) is 4.12. The smallest absolute Gasteiger partial charge is 0.170 e. The minimum absolute atomic E-state index is 0.0275. The maximum Gasteiger partial charge on any atom is 0.170 e. The summed E-state index contributed by atoms with van der Waals surface area (Å²) < 4.78 is 18.3. The van der Waals surface area contributed by atoms with Crippen molar-refractivity contribution in [3.05, 3.63) is 29.1 Å². The first kappa shape index (κ1) is 8.70. The lowest BCUT2D eigenvalue weighted by Gasteiger charge is -2.16. The van der Waals surface area contributed by atoms with Crippen molar-refractivity contribution in [2.24, 2.45) is 0 Å². The largest absolute Gasteiger partial charge is 0.489 e. The lowest BCUT2D eigenvalue weighted by molar-refractivity contribution is 0.0929. The number of nitriles is 1. The van der Waals surface area contributed by atoms with Crippen LogP contribution in [-0.2, 0) is 0 Å². The highest BCUT2D eigenvalue weighted by molar-refractivity contribution is 6.00. The molecule has 0 radical (unpaired) electrons. The fourth-order valence-electron chi connectivity index (χ4n) is 1.39. The van der Waals surface area contributed by atoms with Crippen LogP contribution in [0, 0.1) is 17.1 Å². The summed E-state index contributed by atoms with van der Waals surface area (Å²) in [5.74, 6) is -0.852. The van der Waals surface area contributed by atoms with Gasteiger partial charge in [0.05, 0.1) is 23.8 Å². The molecule has 0 unspecified atom stereocenters. The molecule has 0 saturated heterocycles. The van der Waals surface area contributed by atoms with Gasteiger partial charge in [0, 0.05) is 6.42 Å². The molecule has 1 aliphatic heterocycles. The molecular weight excluding hydrogens is 185 g/mol. The topological polar surface area (TPSA) is 50.1 Å². The summed E-state index contributed by atoms with van der Waals surface area (Å²) in [7, 11) is 0. The van der Waals surface area contributed by atoms with Crippen molar-refractivity contribution >= 4 is 5.78 Å². The van der Waals surface area contributed by atoms with Crippen molar-refractivity contribution in [3.63, 3.8) is 0 Å². The molecule has 4 heteroatoms. The van der Waals surface area contributed by atoms with Crippen LogP contribution in [0.15, 0.2) is 12.1 Å². The van der Waals surface area contributed by atoms with Crippen molar-refractivity contribution < 1.29 is 13.9 Å². The Bertz CT molecular complexity index is 448. The lowest BCUT2D eigenvalue weighted by atomic mass is 10.0. The molecule has 0 fully saturated rings. The molecular formula is C10H6FNO2. The van der Waals surface area contributed by atoms with Gasteiger partial charge >= 0.3 is 0 Å². The molecule has 0 atom stereocenters. The molecule has 0 saturated carbocycles. The van der Waals surface area contributed by atoms with Gasteiger partial charge in [-0.05, 0) is 12.1 Å². The number of ketones is 1. The highest BCUT2D eigenvalue weighted by Gasteiger charge is 2.22. The fourth-order valence-corrected chi connectivity index (χ4v) is 1.39. The zero-order valence-corrected chi connectivity index (χ0v) is 7.21. The van der Waals surface area contributed by atoms with Crippen LogP contribution in [0.5, 0.6) is 5.75 Å². The third-order valence-electron chi connectivity index (χ3n) is 2.05. The predicted octanol–water partition coefficient (Wildman–Crippen LogP) is 1.66. The molecule has 0 N–H and O–H groups in total. The number of hydrogen-bond donors (Lipinski definition) is 0. The average molecular weight is 191 g/mol. The zero-order valence-electron chi connectivity index (χ0n) is 7.21. The first-order valence-corrected chi connectivity index (χ1v) is 4.12. The molecule has 0 aliphatic carbocycles. The first-order chi connectivity index (χ1) is 6.72. The van der Waals surface area contributed by atoms with Crippen LogP contribution < -0.4 is 4.74 Å². The van der Waals surface area contributed by atoms with E-state index in [1.165, 1.54) is 6.07 Å². The molecule has 0 amide bonds. The Labute approximate surface area is 79.7 Å². The molecule has 0 spiro atoms. The minimum atomic E-state index is -0.646. The molecule has 2 rings (SSSR count). The van der Waals surface area contributed by atoms with Crippen molar-refractivity contribution in [2.75, 3.05) is 6.61 Å². The van der Waals surface area contributed by atoms with Crippen molar-refractivity contribution in [1.82, 2.24) is 0 Å². The number of Topliss-reactive ketones (excluding diaryl/α,β-unsaturated/α-hetero) is 1. The molecule has 0 bridgehead atoms. The Morgan fingerprint density at radius 3 is 3.00 bits per heavy atom. The number of nitrogens with zero attached hydrogens (tertiary/aromatic N) is 1. The monoisotopic (exact) mass is 191 g/mol. The van der Waals surface area contributed by atoms with Gasteiger partial charge in [0.15, 0.2) is 17.3 Å². The van der Waals surface area contributed by atoms with E-state index in [9.17, 15) is 9.18 Å². The van der Waals surface area contributed by atoms with Gasteiger partial charge in [-0.3, -0.25) is 4.79 Å². The van der Waals surface area contributed by atoms with Gasteiger partial charge in [-0.1, -0.05) is 0 Å². The maximum atomic E-state index is 13.3. The zero-order chi connectivity index (χ0) is 10.1. The van der Waals surface area contributed by atoms with Crippen molar-refractivity contribution in [1.29, 1.82) is 5.26 Å². The second-order valence-corrected chi connectivity index (χ2v) is 2.97. The van der Waals surface area contributed by atoms with E-state index < -0.39 is 5.82 Å². The summed E-state index contributed by atoms with van der Waals surface area (Å²) in [4.78, 5) is 11.3. The number of halogens is 1. The van der Waals surface area contributed by atoms with E-state index in [1.54, 1.807) is 6.07 Å². The molecule has 1 heterocycles. The van der Waals surface area contributed by atoms with Crippen LogP contribution >= 0.6 is 0 Å². The Morgan fingerprint density at radius 1 is 1.50 bits per heavy atom. The Balaban J connectivity index is 2.64. The second-order valence-electron chi connectivity index (χ2n) is 2.97. The van der Waals surface area contributed by atoms with Crippen LogP contribution in [0.3, 0.4) is 0 Å². The average Bonchev–Trinajstić information content (AvgIpc) is 2.19. The number of carbonyl (C=O) groups is 1. The summed E-state index contributed by atoms with van der Waals surface area (Å²) in [6.07, 6.45) is 0.237. The molecule has 3 nitrogen and oxygen atoms in total. The van der Waals surface area contributed by atoms with Gasteiger partial charge < -0.3 is 4.74 Å². The molecule has 70 valence electrons. The summed E-state index contributed by atoms with van der Waals surface area (Å²) >= 11 is 0. The van der Waals surface area contributed by atoms with E-state index in [1.807, 2.05) is 0 Å². The fraction of sp³-hybridized carbons (Fsp3) is 0.200. The molecule has 14 heavy (non-hydrogen) atoms. The van der Waals surface area contributed by atoms with Gasteiger partial charge in [0.25, 0.3) is 0 Å². The highest BCUT2D eigenvalue weighted by atomic mass is 19.1. The third kappa shape index (κ3) is 1.23. The van der Waals surface area contributed by atoms with Crippen LogP contribution in [0.4, 0.5) is 4.39 Å². The van der Waals surface area contributed by atoms with E-state index in [-0.39, 0.29) is 35.7 Å². The van der Waals surface area contributed by atoms with Crippen LogP contribution in [0.2, 0.25) is 0 Å². The Morgan fingerprint density at radius 2 is 2.29 bits per heavy atom. The summed E-state index contributed by atoms with van der Waals surface area (Å²) in [6.45, 7) is 0.203. The minimum Gasteiger partial charge on any atom is -0.489 e. The molecule has 1 aromatic rings. The van der Waals surface area contributed by atoms with Crippen LogP contribution in [0.1, 0.15) is 22.3 Å². The normalized spacial score (nSPS) is 14.1. The lowest BCUT2D eigenvalue weighted by Crippen LogP contribution is -2.16. The van der Waals surface area contributed by atoms with Gasteiger partial charge in [-0.2, -0.15) is 5.26 Å². The van der Waals surface area contributed by atoms with Crippen molar-refractivity contribution in [3.8, 4) is 11.8 Å². The van der Waals surface area contributed by atoms with Gasteiger partial charge in [-0.15, -0.1) is 0 Å². The van der Waals surface area contributed by atoms with Crippen LogP contribution in [-0.4, -0.2) is 12.4 Å². The number of ether oxygens (including phenoxy) is 1. The van der Waals surface area contributed by atoms with Crippen molar-refractivity contribution in [2.45, 2.75) is 6.42 Å². The van der Waals surface area contributed by atoms with Crippen LogP contribution in [0.25, 0.3) is 0 Å². The molecule has 1 aromatic carbocycles. The summed E-state index contributed by atoms with van der Waals surface area (Å²) in [5, 5.41) is 8.58. The molecule has 1 aliphatic rings. The number of hydrogen-bond acceptors (Lipinski definition) is 3. The number of carbonyl (C=O) groups excluding carboxylic acids is 1. The second kappa shape index (κ2) is 3.11. The van der Waals surface area contributed by atoms with Gasteiger partial charge in [-0.25, -0.2) is 4.39 Å². The standard InChI is InChI=1S/C10H6FNO2/c11-8-4-6(5-12)3-7-9(13)1-2-14-10(7)8/h3-4H,1-2H2. The molecule has 0 aromatic heterocycles.